The fourth-order valence-electron chi connectivity index (χ4n) is 1.35. The Morgan fingerprint density at radius 2 is 2.16 bits per heavy atom. The quantitative estimate of drug-likeness (QED) is 0.808. The lowest BCUT2D eigenvalue weighted by molar-refractivity contribution is -0.144. The number of carbonyl (C=O) groups excluding carboxylic acids is 1. The first-order chi connectivity index (χ1) is 8.79. The highest BCUT2D eigenvalue weighted by atomic mass is 79.9. The Balaban J connectivity index is 3.03. The maximum Gasteiger partial charge on any atom is 0.323 e. The van der Waals surface area contributed by atoms with Crippen LogP contribution in [0.4, 0.5) is 0 Å². The first-order valence-corrected chi connectivity index (χ1v) is 8.08. The molecule has 1 aromatic rings. The molecule has 1 N–H and O–H groups in total. The van der Waals surface area contributed by atoms with Crippen LogP contribution in [0.2, 0.25) is 5.02 Å². The fraction of sp³-hybridized carbons (Fsp3) is 0.364. The molecule has 0 fully saturated rings. The number of hydrogen-bond donors (Lipinski definition) is 1. The van der Waals surface area contributed by atoms with Crippen molar-refractivity contribution < 1.29 is 17.9 Å². The maximum atomic E-state index is 12.2. The van der Waals surface area contributed by atoms with E-state index >= 15 is 0 Å². The van der Waals surface area contributed by atoms with Gasteiger partial charge in [-0.25, -0.2) is 8.42 Å². The van der Waals surface area contributed by atoms with E-state index in [9.17, 15) is 13.2 Å². The summed E-state index contributed by atoms with van der Waals surface area (Å²) < 4.78 is 31.6. The van der Waals surface area contributed by atoms with Crippen LogP contribution in [0.3, 0.4) is 0 Å². The molecule has 0 aliphatic heterocycles. The summed E-state index contributed by atoms with van der Waals surface area (Å²) in [7, 11) is -3.91. The number of carbonyl (C=O) groups is 1. The Kier molecular flexibility index (Phi) is 5.79. The number of ether oxygens (including phenoxy) is 1. The van der Waals surface area contributed by atoms with Crippen molar-refractivity contribution in [3.63, 3.8) is 0 Å². The van der Waals surface area contributed by atoms with Gasteiger partial charge in [0.2, 0.25) is 10.0 Å². The van der Waals surface area contributed by atoms with Gasteiger partial charge in [0.15, 0.2) is 0 Å². The zero-order valence-electron chi connectivity index (χ0n) is 10.3. The van der Waals surface area contributed by atoms with Crippen molar-refractivity contribution in [3.05, 3.63) is 27.7 Å². The second-order valence-electron chi connectivity index (χ2n) is 3.65. The van der Waals surface area contributed by atoms with E-state index in [4.69, 9.17) is 16.3 Å². The summed E-state index contributed by atoms with van der Waals surface area (Å²) in [6.07, 6.45) is 0. The van der Waals surface area contributed by atoms with E-state index in [1.54, 1.807) is 19.1 Å². The zero-order valence-corrected chi connectivity index (χ0v) is 13.5. The Morgan fingerprint density at radius 3 is 2.68 bits per heavy atom. The Bertz CT molecular complexity index is 556. The number of nitrogens with one attached hydrogen (secondary N) is 1. The van der Waals surface area contributed by atoms with Crippen molar-refractivity contribution in [2.75, 3.05) is 6.61 Å². The Morgan fingerprint density at radius 1 is 1.53 bits per heavy atom. The molecule has 0 aliphatic carbocycles. The molecule has 1 aromatic carbocycles. The Labute approximate surface area is 125 Å². The average Bonchev–Trinajstić information content (AvgIpc) is 2.27. The van der Waals surface area contributed by atoms with Gasteiger partial charge in [0, 0.05) is 4.47 Å². The van der Waals surface area contributed by atoms with Crippen LogP contribution in [0.1, 0.15) is 13.8 Å². The van der Waals surface area contributed by atoms with Crippen molar-refractivity contribution >= 4 is 43.5 Å². The van der Waals surface area contributed by atoms with Gasteiger partial charge >= 0.3 is 5.97 Å². The molecule has 0 saturated heterocycles. The van der Waals surface area contributed by atoms with Gasteiger partial charge in [-0.2, -0.15) is 4.72 Å². The fourth-order valence-corrected chi connectivity index (χ4v) is 4.27. The SMILES string of the molecule is CCOC(=O)C(C)NS(=O)(=O)c1c(Cl)cccc1Br. The second kappa shape index (κ2) is 6.69. The molecule has 1 atom stereocenters. The number of halogens is 2. The van der Waals surface area contributed by atoms with E-state index in [-0.39, 0.29) is 16.5 Å². The van der Waals surface area contributed by atoms with Gasteiger partial charge in [0.25, 0.3) is 0 Å². The largest absolute Gasteiger partial charge is 0.465 e. The van der Waals surface area contributed by atoms with E-state index in [0.29, 0.717) is 4.47 Å². The van der Waals surface area contributed by atoms with Crippen LogP contribution in [0.15, 0.2) is 27.6 Å². The number of hydrogen-bond acceptors (Lipinski definition) is 4. The summed E-state index contributed by atoms with van der Waals surface area (Å²) in [5.74, 6) is -0.644. The van der Waals surface area contributed by atoms with Crippen LogP contribution in [-0.2, 0) is 19.6 Å². The van der Waals surface area contributed by atoms with Gasteiger partial charge in [-0.15, -0.1) is 0 Å². The highest BCUT2D eigenvalue weighted by Gasteiger charge is 2.26. The minimum Gasteiger partial charge on any atom is -0.465 e. The molecule has 0 radical (unpaired) electrons. The molecule has 5 nitrogen and oxygen atoms in total. The van der Waals surface area contributed by atoms with Gasteiger partial charge in [-0.3, -0.25) is 4.79 Å². The standard InChI is InChI=1S/C11H13BrClNO4S/c1-3-18-11(15)7(2)14-19(16,17)10-8(12)5-4-6-9(10)13/h4-7,14H,3H2,1-2H3. The third-order valence-corrected chi connectivity index (χ3v) is 5.15. The highest BCUT2D eigenvalue weighted by molar-refractivity contribution is 9.10. The van der Waals surface area contributed by atoms with E-state index in [1.165, 1.54) is 13.0 Å². The van der Waals surface area contributed by atoms with E-state index in [0.717, 1.165) is 0 Å². The van der Waals surface area contributed by atoms with E-state index < -0.39 is 22.0 Å². The summed E-state index contributed by atoms with van der Waals surface area (Å²) in [6, 6.07) is 3.62. The monoisotopic (exact) mass is 369 g/mol. The minimum atomic E-state index is -3.91. The van der Waals surface area contributed by atoms with E-state index in [2.05, 4.69) is 20.7 Å². The number of sulfonamides is 1. The second-order valence-corrected chi connectivity index (χ2v) is 6.56. The van der Waals surface area contributed by atoms with Gasteiger partial charge < -0.3 is 4.74 Å². The van der Waals surface area contributed by atoms with Gasteiger partial charge in [-0.05, 0) is 41.9 Å². The van der Waals surface area contributed by atoms with Crippen LogP contribution in [-0.4, -0.2) is 27.0 Å². The molecular formula is C11H13BrClNO4S. The minimum absolute atomic E-state index is 0.0675. The molecule has 0 heterocycles. The molecule has 0 aliphatic rings. The number of rotatable bonds is 5. The first-order valence-electron chi connectivity index (χ1n) is 5.42. The molecular weight excluding hydrogens is 358 g/mol. The summed E-state index contributed by atoms with van der Waals surface area (Å²) in [4.78, 5) is 11.3. The third kappa shape index (κ3) is 4.17. The van der Waals surface area contributed by atoms with Gasteiger partial charge in [0.1, 0.15) is 10.9 Å². The van der Waals surface area contributed by atoms with Crippen molar-refractivity contribution in [2.45, 2.75) is 24.8 Å². The normalized spacial score (nSPS) is 13.1. The lowest BCUT2D eigenvalue weighted by Gasteiger charge is -2.14. The molecule has 0 saturated carbocycles. The van der Waals surface area contributed by atoms with Crippen LogP contribution >= 0.6 is 27.5 Å². The van der Waals surface area contributed by atoms with E-state index in [1.807, 2.05) is 0 Å². The molecule has 106 valence electrons. The highest BCUT2D eigenvalue weighted by Crippen LogP contribution is 2.29. The summed E-state index contributed by atoms with van der Waals surface area (Å²) in [5.41, 5.74) is 0. The smallest absolute Gasteiger partial charge is 0.323 e. The predicted molar refractivity (Wildman–Crippen MR) is 75.6 cm³/mol. The average molecular weight is 371 g/mol. The number of benzene rings is 1. The molecule has 0 spiro atoms. The van der Waals surface area contributed by atoms with Gasteiger partial charge in [-0.1, -0.05) is 17.7 Å². The zero-order chi connectivity index (χ0) is 14.6. The first kappa shape index (κ1) is 16.4. The van der Waals surface area contributed by atoms with Crippen molar-refractivity contribution in [3.8, 4) is 0 Å². The summed E-state index contributed by atoms with van der Waals surface area (Å²) in [6.45, 7) is 3.23. The molecule has 0 amide bonds. The van der Waals surface area contributed by atoms with Crippen LogP contribution in [0, 0.1) is 0 Å². The van der Waals surface area contributed by atoms with Crippen LogP contribution in [0.5, 0.6) is 0 Å². The summed E-state index contributed by atoms with van der Waals surface area (Å²) in [5, 5.41) is 0.0675. The summed E-state index contributed by atoms with van der Waals surface area (Å²) >= 11 is 8.99. The molecule has 8 heteroatoms. The van der Waals surface area contributed by atoms with Crippen molar-refractivity contribution in [2.24, 2.45) is 0 Å². The third-order valence-electron chi connectivity index (χ3n) is 2.16. The van der Waals surface area contributed by atoms with Crippen molar-refractivity contribution in [1.82, 2.24) is 4.72 Å². The lowest BCUT2D eigenvalue weighted by atomic mass is 10.4. The number of esters is 1. The molecule has 0 aromatic heterocycles. The topological polar surface area (TPSA) is 72.5 Å². The predicted octanol–water partition coefficient (Wildman–Crippen LogP) is 2.33. The maximum absolute atomic E-state index is 12.2. The van der Waals surface area contributed by atoms with Crippen LogP contribution in [0.25, 0.3) is 0 Å². The molecule has 19 heavy (non-hydrogen) atoms. The lowest BCUT2D eigenvalue weighted by Crippen LogP contribution is -2.39. The van der Waals surface area contributed by atoms with Crippen LogP contribution < -0.4 is 4.72 Å². The molecule has 1 rings (SSSR count). The molecule has 1 unspecified atom stereocenters. The van der Waals surface area contributed by atoms with Gasteiger partial charge in [0.05, 0.1) is 11.6 Å². The Hall–Kier alpha value is -0.630. The molecule has 0 bridgehead atoms. The van der Waals surface area contributed by atoms with Crippen molar-refractivity contribution in [1.29, 1.82) is 0 Å².